The van der Waals surface area contributed by atoms with E-state index >= 15 is 0 Å². The number of ether oxygens (including phenoxy) is 1. The minimum absolute atomic E-state index is 0.0648. The first-order valence-electron chi connectivity index (χ1n) is 8.72. The summed E-state index contributed by atoms with van der Waals surface area (Å²) in [6.07, 6.45) is 5.54. The van der Waals surface area contributed by atoms with Gasteiger partial charge in [-0.15, -0.1) is 0 Å². The number of aromatic amines is 1. The van der Waals surface area contributed by atoms with Crippen LogP contribution in [0.2, 0.25) is 0 Å². The molecular formula is C18H24N4O2. The van der Waals surface area contributed by atoms with Crippen LogP contribution >= 0.6 is 0 Å². The molecule has 128 valence electrons. The molecule has 0 unspecified atom stereocenters. The predicted molar refractivity (Wildman–Crippen MR) is 89.9 cm³/mol. The Kier molecular flexibility index (Phi) is 3.92. The number of aromatic nitrogens is 3. The van der Waals surface area contributed by atoms with Crippen molar-refractivity contribution in [3.63, 3.8) is 0 Å². The lowest BCUT2D eigenvalue weighted by Gasteiger charge is -2.22. The first-order valence-corrected chi connectivity index (χ1v) is 8.72. The summed E-state index contributed by atoms with van der Waals surface area (Å²) in [5, 5.41) is 7.71. The van der Waals surface area contributed by atoms with Gasteiger partial charge in [0, 0.05) is 30.7 Å². The van der Waals surface area contributed by atoms with Gasteiger partial charge in [-0.2, -0.15) is 5.10 Å². The maximum absolute atomic E-state index is 12.4. The van der Waals surface area contributed by atoms with Crippen molar-refractivity contribution in [1.82, 2.24) is 20.1 Å². The van der Waals surface area contributed by atoms with E-state index in [0.717, 1.165) is 36.0 Å². The van der Waals surface area contributed by atoms with Crippen molar-refractivity contribution >= 4 is 5.91 Å². The zero-order chi connectivity index (χ0) is 16.7. The van der Waals surface area contributed by atoms with Gasteiger partial charge in [-0.3, -0.25) is 9.48 Å². The molecule has 6 nitrogen and oxygen atoms in total. The second kappa shape index (κ2) is 6.09. The minimum atomic E-state index is -0.154. The van der Waals surface area contributed by atoms with Crippen molar-refractivity contribution in [2.24, 2.45) is 5.92 Å². The first-order chi connectivity index (χ1) is 11.6. The van der Waals surface area contributed by atoms with Crippen LogP contribution in [0.4, 0.5) is 0 Å². The number of aryl methyl sites for hydroxylation is 2. The van der Waals surface area contributed by atoms with E-state index in [-0.39, 0.29) is 12.0 Å². The molecule has 1 aliphatic heterocycles. The van der Waals surface area contributed by atoms with Gasteiger partial charge in [0.25, 0.3) is 5.91 Å². The largest absolute Gasteiger partial charge is 0.370 e. The molecule has 3 heterocycles. The smallest absolute Gasteiger partial charge is 0.253 e. The van der Waals surface area contributed by atoms with Gasteiger partial charge >= 0.3 is 0 Å². The van der Waals surface area contributed by atoms with Crippen LogP contribution in [0, 0.1) is 19.8 Å². The second-order valence-electron chi connectivity index (χ2n) is 7.02. The molecule has 4 rings (SSSR count). The fourth-order valence-corrected chi connectivity index (χ4v) is 3.39. The lowest BCUT2D eigenvalue weighted by atomic mass is 10.1. The van der Waals surface area contributed by atoms with Crippen molar-refractivity contribution in [2.75, 3.05) is 13.2 Å². The number of rotatable bonds is 5. The van der Waals surface area contributed by atoms with E-state index in [9.17, 15) is 4.79 Å². The summed E-state index contributed by atoms with van der Waals surface area (Å²) in [6.45, 7) is 6.01. The van der Waals surface area contributed by atoms with E-state index in [2.05, 4.69) is 21.2 Å². The van der Waals surface area contributed by atoms with Gasteiger partial charge in [-0.05, 0) is 50.7 Å². The van der Waals surface area contributed by atoms with Crippen LogP contribution in [0.5, 0.6) is 0 Å². The van der Waals surface area contributed by atoms with Gasteiger partial charge in [0.05, 0.1) is 17.9 Å². The number of amides is 1. The third-order valence-electron chi connectivity index (χ3n) is 4.85. The SMILES string of the molecule is Cc1cc(C(=O)NC[C@H]2OCCc3cn(CC4CC4)nc32)c(C)[nH]1. The molecule has 24 heavy (non-hydrogen) atoms. The fourth-order valence-electron chi connectivity index (χ4n) is 3.39. The number of carbonyl (C=O) groups is 1. The van der Waals surface area contributed by atoms with Crippen molar-refractivity contribution < 1.29 is 9.53 Å². The summed E-state index contributed by atoms with van der Waals surface area (Å²) in [6, 6.07) is 1.88. The van der Waals surface area contributed by atoms with Crippen LogP contribution in [0.3, 0.4) is 0 Å². The molecule has 1 amide bonds. The fraction of sp³-hybridized carbons (Fsp3) is 0.556. The van der Waals surface area contributed by atoms with Crippen LogP contribution in [-0.4, -0.2) is 33.8 Å². The van der Waals surface area contributed by atoms with Crippen LogP contribution in [-0.2, 0) is 17.7 Å². The van der Waals surface area contributed by atoms with E-state index in [1.807, 2.05) is 19.9 Å². The number of H-pyrrole nitrogens is 1. The molecule has 2 N–H and O–H groups in total. The Hall–Kier alpha value is -2.08. The van der Waals surface area contributed by atoms with E-state index in [1.165, 1.54) is 18.4 Å². The summed E-state index contributed by atoms with van der Waals surface area (Å²) < 4.78 is 7.92. The molecule has 0 spiro atoms. The van der Waals surface area contributed by atoms with Crippen LogP contribution < -0.4 is 5.32 Å². The van der Waals surface area contributed by atoms with Crippen LogP contribution in [0.25, 0.3) is 0 Å². The maximum atomic E-state index is 12.4. The first kappa shape index (κ1) is 15.4. The Morgan fingerprint density at radius 1 is 1.46 bits per heavy atom. The molecule has 1 saturated carbocycles. The quantitative estimate of drug-likeness (QED) is 0.884. The Morgan fingerprint density at radius 3 is 3.00 bits per heavy atom. The molecular weight excluding hydrogens is 304 g/mol. The maximum Gasteiger partial charge on any atom is 0.253 e. The van der Waals surface area contributed by atoms with E-state index in [4.69, 9.17) is 9.84 Å². The monoisotopic (exact) mass is 328 g/mol. The van der Waals surface area contributed by atoms with Crippen molar-refractivity contribution in [3.8, 4) is 0 Å². The lowest BCUT2D eigenvalue weighted by molar-refractivity contribution is 0.0383. The van der Waals surface area contributed by atoms with Gasteiger partial charge < -0.3 is 15.0 Å². The molecule has 2 aromatic heterocycles. The second-order valence-corrected chi connectivity index (χ2v) is 7.02. The van der Waals surface area contributed by atoms with E-state index < -0.39 is 0 Å². The van der Waals surface area contributed by atoms with E-state index in [0.29, 0.717) is 18.7 Å². The van der Waals surface area contributed by atoms with Gasteiger partial charge in [0.2, 0.25) is 0 Å². The zero-order valence-corrected chi connectivity index (χ0v) is 14.3. The highest BCUT2D eigenvalue weighted by atomic mass is 16.5. The van der Waals surface area contributed by atoms with Gasteiger partial charge in [-0.1, -0.05) is 0 Å². The predicted octanol–water partition coefficient (Wildman–Crippen LogP) is 2.28. The molecule has 0 saturated heterocycles. The Bertz CT molecular complexity index is 757. The molecule has 2 aliphatic rings. The Balaban J connectivity index is 1.43. The minimum Gasteiger partial charge on any atom is -0.370 e. The van der Waals surface area contributed by atoms with Gasteiger partial charge in [0.1, 0.15) is 6.10 Å². The van der Waals surface area contributed by atoms with E-state index in [1.54, 1.807) is 0 Å². The topological polar surface area (TPSA) is 71.9 Å². The normalized spacial score (nSPS) is 20.0. The van der Waals surface area contributed by atoms with Crippen LogP contribution in [0.1, 0.15) is 51.9 Å². The molecule has 2 aromatic rings. The summed E-state index contributed by atoms with van der Waals surface area (Å²) in [5.41, 5.74) is 4.83. The molecule has 1 fully saturated rings. The number of hydrogen-bond donors (Lipinski definition) is 2. The third-order valence-corrected chi connectivity index (χ3v) is 4.85. The standard InChI is InChI=1S/C18H24N4O2/c1-11-7-15(12(2)20-11)18(23)19-8-16-17-14(5-6-24-16)10-22(21-17)9-13-3-4-13/h7,10,13,16,20H,3-6,8-9H2,1-2H3,(H,19,23)/t16-/m1/s1. The lowest BCUT2D eigenvalue weighted by Crippen LogP contribution is -2.32. The summed E-state index contributed by atoms with van der Waals surface area (Å²) in [4.78, 5) is 15.5. The highest BCUT2D eigenvalue weighted by Gasteiger charge is 2.28. The number of nitrogens with zero attached hydrogens (tertiary/aromatic N) is 2. The Morgan fingerprint density at radius 2 is 2.29 bits per heavy atom. The van der Waals surface area contributed by atoms with Gasteiger partial charge in [0.15, 0.2) is 0 Å². The molecule has 0 radical (unpaired) electrons. The molecule has 0 aromatic carbocycles. The summed E-state index contributed by atoms with van der Waals surface area (Å²) >= 11 is 0. The number of fused-ring (bicyclic) bond motifs is 1. The summed E-state index contributed by atoms with van der Waals surface area (Å²) in [5.74, 6) is 0.732. The Labute approximate surface area is 141 Å². The van der Waals surface area contributed by atoms with Crippen molar-refractivity contribution in [3.05, 3.63) is 40.5 Å². The molecule has 1 aliphatic carbocycles. The third kappa shape index (κ3) is 3.11. The molecule has 6 heteroatoms. The molecule has 1 atom stereocenters. The number of carbonyl (C=O) groups excluding carboxylic acids is 1. The highest BCUT2D eigenvalue weighted by Crippen LogP contribution is 2.32. The van der Waals surface area contributed by atoms with Crippen molar-refractivity contribution in [1.29, 1.82) is 0 Å². The summed E-state index contributed by atoms with van der Waals surface area (Å²) in [7, 11) is 0. The highest BCUT2D eigenvalue weighted by molar-refractivity contribution is 5.95. The average Bonchev–Trinajstić information content (AvgIpc) is 3.15. The van der Waals surface area contributed by atoms with Crippen molar-refractivity contribution in [2.45, 2.75) is 45.8 Å². The van der Waals surface area contributed by atoms with Gasteiger partial charge in [-0.25, -0.2) is 0 Å². The number of nitrogens with one attached hydrogen (secondary N) is 2. The van der Waals surface area contributed by atoms with Crippen LogP contribution in [0.15, 0.2) is 12.3 Å². The number of hydrogen-bond acceptors (Lipinski definition) is 3. The average molecular weight is 328 g/mol. The zero-order valence-electron chi connectivity index (χ0n) is 14.3. The molecule has 0 bridgehead atoms.